The van der Waals surface area contributed by atoms with Crippen LogP contribution in [0.4, 0.5) is 25.0 Å². The fraction of sp³-hybridized carbons (Fsp3) is 0.588. The summed E-state index contributed by atoms with van der Waals surface area (Å²) in [5, 5.41) is 2.59. The second-order valence-electron chi connectivity index (χ2n) is 6.42. The molecule has 3 rings (SSSR count). The fourth-order valence-electron chi connectivity index (χ4n) is 3.30. The molecule has 5 nitrogen and oxygen atoms in total. The highest BCUT2D eigenvalue weighted by Crippen LogP contribution is 2.30. The first-order valence-electron chi connectivity index (χ1n) is 8.40. The number of urea groups is 1. The standard InChI is InChI=1S/C17H23F2N3O2/c1-11-12(2)24-8-7-22(11)17(23)20-13-9-14(18)16(15(19)10-13)21-5-3-4-6-21/h9-12H,3-8H2,1-2H3,(H,20,23)/t11-,12+/m1/s1. The topological polar surface area (TPSA) is 44.8 Å². The summed E-state index contributed by atoms with van der Waals surface area (Å²) in [6.07, 6.45) is 1.80. The van der Waals surface area contributed by atoms with Gasteiger partial charge in [-0.15, -0.1) is 0 Å². The van der Waals surface area contributed by atoms with Crippen LogP contribution < -0.4 is 10.2 Å². The first kappa shape index (κ1) is 17.0. The van der Waals surface area contributed by atoms with Crippen molar-refractivity contribution in [2.24, 2.45) is 0 Å². The van der Waals surface area contributed by atoms with Crippen molar-refractivity contribution < 1.29 is 18.3 Å². The van der Waals surface area contributed by atoms with Gasteiger partial charge in [-0.2, -0.15) is 0 Å². The van der Waals surface area contributed by atoms with E-state index < -0.39 is 11.6 Å². The summed E-state index contributed by atoms with van der Waals surface area (Å²) in [6, 6.07) is 1.90. The van der Waals surface area contributed by atoms with Gasteiger partial charge in [-0.05, 0) is 38.8 Å². The summed E-state index contributed by atoms with van der Waals surface area (Å²) >= 11 is 0. The van der Waals surface area contributed by atoms with Crippen LogP contribution in [0.5, 0.6) is 0 Å². The molecule has 2 amide bonds. The lowest BCUT2D eigenvalue weighted by atomic mass is 10.1. The number of nitrogens with zero attached hydrogens (tertiary/aromatic N) is 2. The molecule has 0 unspecified atom stereocenters. The number of rotatable bonds is 2. The number of carbonyl (C=O) groups is 1. The Morgan fingerprint density at radius 3 is 2.42 bits per heavy atom. The minimum absolute atomic E-state index is 0.00105. The number of hydrogen-bond acceptors (Lipinski definition) is 3. The van der Waals surface area contributed by atoms with Crippen LogP contribution in [-0.2, 0) is 4.74 Å². The van der Waals surface area contributed by atoms with Gasteiger partial charge in [0.25, 0.3) is 0 Å². The highest BCUT2D eigenvalue weighted by Gasteiger charge is 2.29. The van der Waals surface area contributed by atoms with Gasteiger partial charge < -0.3 is 19.9 Å². The Kier molecular flexibility index (Phi) is 4.89. The van der Waals surface area contributed by atoms with Crippen LogP contribution in [0.3, 0.4) is 0 Å². The molecule has 1 aromatic rings. The van der Waals surface area contributed by atoms with Gasteiger partial charge in [-0.25, -0.2) is 13.6 Å². The van der Waals surface area contributed by atoms with Crippen LogP contribution in [0.1, 0.15) is 26.7 Å². The second-order valence-corrected chi connectivity index (χ2v) is 6.42. The predicted octanol–water partition coefficient (Wildman–Crippen LogP) is 3.21. The van der Waals surface area contributed by atoms with E-state index in [0.29, 0.717) is 26.2 Å². The van der Waals surface area contributed by atoms with Gasteiger partial charge in [0, 0.05) is 25.3 Å². The van der Waals surface area contributed by atoms with Crippen molar-refractivity contribution in [1.82, 2.24) is 4.90 Å². The van der Waals surface area contributed by atoms with E-state index in [-0.39, 0.29) is 29.6 Å². The minimum atomic E-state index is -0.643. The molecule has 24 heavy (non-hydrogen) atoms. The zero-order valence-corrected chi connectivity index (χ0v) is 14.0. The number of amides is 2. The normalized spacial score (nSPS) is 24.3. The summed E-state index contributed by atoms with van der Waals surface area (Å²) in [6.45, 7) is 6.00. The average Bonchev–Trinajstić information content (AvgIpc) is 3.03. The third kappa shape index (κ3) is 3.31. The van der Waals surface area contributed by atoms with E-state index in [1.807, 2.05) is 13.8 Å². The molecule has 0 aromatic heterocycles. The summed E-state index contributed by atoms with van der Waals surface area (Å²) < 4.78 is 34.1. The first-order chi connectivity index (χ1) is 11.5. The van der Waals surface area contributed by atoms with Crippen molar-refractivity contribution >= 4 is 17.4 Å². The van der Waals surface area contributed by atoms with Crippen molar-refractivity contribution in [2.45, 2.75) is 38.8 Å². The van der Waals surface area contributed by atoms with Gasteiger partial charge in [0.2, 0.25) is 0 Å². The monoisotopic (exact) mass is 339 g/mol. The van der Waals surface area contributed by atoms with E-state index >= 15 is 0 Å². The van der Waals surface area contributed by atoms with Gasteiger partial charge in [0.1, 0.15) is 5.69 Å². The molecule has 0 bridgehead atoms. The zero-order chi connectivity index (χ0) is 17.3. The first-order valence-corrected chi connectivity index (χ1v) is 8.40. The Hall–Kier alpha value is -1.89. The third-order valence-corrected chi connectivity index (χ3v) is 4.84. The summed E-state index contributed by atoms with van der Waals surface area (Å²) in [5.74, 6) is -1.29. The quantitative estimate of drug-likeness (QED) is 0.900. The van der Waals surface area contributed by atoms with E-state index in [1.54, 1.807) is 9.80 Å². The van der Waals surface area contributed by atoms with E-state index in [9.17, 15) is 13.6 Å². The highest BCUT2D eigenvalue weighted by atomic mass is 19.1. The molecule has 0 spiro atoms. The zero-order valence-electron chi connectivity index (χ0n) is 14.0. The van der Waals surface area contributed by atoms with Crippen molar-refractivity contribution in [1.29, 1.82) is 0 Å². The van der Waals surface area contributed by atoms with Crippen molar-refractivity contribution in [2.75, 3.05) is 36.5 Å². The maximum absolute atomic E-state index is 14.3. The largest absolute Gasteiger partial charge is 0.375 e. The number of benzene rings is 1. The molecular formula is C17H23F2N3O2. The molecule has 1 N–H and O–H groups in total. The molecule has 2 atom stereocenters. The number of anilines is 2. The van der Waals surface area contributed by atoms with Crippen LogP contribution >= 0.6 is 0 Å². The van der Waals surface area contributed by atoms with E-state index in [4.69, 9.17) is 4.74 Å². The van der Waals surface area contributed by atoms with Crippen LogP contribution in [-0.4, -0.2) is 49.3 Å². The number of carbonyl (C=O) groups excluding carboxylic acids is 1. The van der Waals surface area contributed by atoms with E-state index in [1.165, 1.54) is 12.1 Å². The summed E-state index contributed by atoms with van der Waals surface area (Å²) in [4.78, 5) is 15.7. The SMILES string of the molecule is C[C@@H]1OCCN(C(=O)Nc2cc(F)c(N3CCCC3)c(F)c2)[C@@H]1C. The van der Waals surface area contributed by atoms with Gasteiger partial charge >= 0.3 is 6.03 Å². The predicted molar refractivity (Wildman–Crippen MR) is 88.4 cm³/mol. The Labute approximate surface area is 140 Å². The lowest BCUT2D eigenvalue weighted by molar-refractivity contribution is -0.0355. The molecule has 2 saturated heterocycles. The molecule has 0 aliphatic carbocycles. The maximum Gasteiger partial charge on any atom is 0.322 e. The Morgan fingerprint density at radius 1 is 1.17 bits per heavy atom. The van der Waals surface area contributed by atoms with Crippen LogP contribution in [0.25, 0.3) is 0 Å². The lowest BCUT2D eigenvalue weighted by Gasteiger charge is -2.37. The molecule has 1 aromatic carbocycles. The van der Waals surface area contributed by atoms with Gasteiger partial charge in [0.15, 0.2) is 11.6 Å². The van der Waals surface area contributed by atoms with Crippen LogP contribution in [0.15, 0.2) is 12.1 Å². The van der Waals surface area contributed by atoms with Gasteiger partial charge in [-0.1, -0.05) is 0 Å². The summed E-state index contributed by atoms with van der Waals surface area (Å²) in [5.41, 5.74) is 0.128. The van der Waals surface area contributed by atoms with E-state index in [0.717, 1.165) is 12.8 Å². The molecule has 2 aliphatic rings. The Morgan fingerprint density at radius 2 is 1.79 bits per heavy atom. The second kappa shape index (κ2) is 6.93. The maximum atomic E-state index is 14.3. The number of halogens is 2. The van der Waals surface area contributed by atoms with Crippen molar-refractivity contribution in [3.05, 3.63) is 23.8 Å². The molecule has 2 aliphatic heterocycles. The van der Waals surface area contributed by atoms with E-state index in [2.05, 4.69) is 5.32 Å². The minimum Gasteiger partial charge on any atom is -0.375 e. The number of nitrogens with one attached hydrogen (secondary N) is 1. The highest BCUT2D eigenvalue weighted by molar-refractivity contribution is 5.90. The number of hydrogen-bond donors (Lipinski definition) is 1. The Bertz CT molecular complexity index is 597. The summed E-state index contributed by atoms with van der Waals surface area (Å²) in [7, 11) is 0. The molecule has 0 saturated carbocycles. The average molecular weight is 339 g/mol. The van der Waals surface area contributed by atoms with Crippen molar-refractivity contribution in [3.63, 3.8) is 0 Å². The van der Waals surface area contributed by atoms with Crippen molar-refractivity contribution in [3.8, 4) is 0 Å². The molecule has 7 heteroatoms. The Balaban J connectivity index is 1.74. The van der Waals surface area contributed by atoms with Crippen LogP contribution in [0.2, 0.25) is 0 Å². The van der Waals surface area contributed by atoms with Gasteiger partial charge in [0.05, 0.1) is 18.8 Å². The smallest absolute Gasteiger partial charge is 0.322 e. The molecule has 0 radical (unpaired) electrons. The third-order valence-electron chi connectivity index (χ3n) is 4.84. The number of ether oxygens (including phenoxy) is 1. The molecule has 132 valence electrons. The van der Waals surface area contributed by atoms with Crippen LogP contribution in [0, 0.1) is 11.6 Å². The fourth-order valence-corrected chi connectivity index (χ4v) is 3.30. The molecule has 2 heterocycles. The number of morpholine rings is 1. The molecular weight excluding hydrogens is 316 g/mol. The lowest BCUT2D eigenvalue weighted by Crippen LogP contribution is -2.52. The molecule has 2 fully saturated rings. The van der Waals surface area contributed by atoms with Gasteiger partial charge in [-0.3, -0.25) is 0 Å².